The normalized spacial score (nSPS) is 21.0. The van der Waals surface area contributed by atoms with Crippen molar-refractivity contribution in [2.24, 2.45) is 0 Å². The average Bonchev–Trinajstić information content (AvgIpc) is 2.49. The molecule has 0 radical (unpaired) electrons. The fourth-order valence-corrected chi connectivity index (χ4v) is 3.49. The molecule has 130 valence electrons. The van der Waals surface area contributed by atoms with Crippen molar-refractivity contribution in [2.45, 2.75) is 64.1 Å². The Morgan fingerprint density at radius 3 is 2.50 bits per heavy atom. The number of amides is 1. The number of hydrogen-bond donors (Lipinski definition) is 2. The Bertz CT molecular complexity index is 643. The van der Waals surface area contributed by atoms with E-state index in [9.17, 15) is 9.90 Å². The predicted molar refractivity (Wildman–Crippen MR) is 93.2 cm³/mol. The molecule has 2 N–H and O–H groups in total. The number of hydrogen-bond acceptors (Lipinski definition) is 4. The highest BCUT2D eigenvalue weighted by Gasteiger charge is 2.35. The minimum Gasteiger partial charge on any atom is -0.465 e. The number of aromatic nitrogens is 1. The van der Waals surface area contributed by atoms with Crippen LogP contribution in [0.25, 0.3) is 0 Å². The third-order valence-corrected chi connectivity index (χ3v) is 4.59. The maximum Gasteiger partial charge on any atom is 0.407 e. The lowest BCUT2D eigenvalue weighted by atomic mass is 9.88. The molecule has 1 aromatic heterocycles. The largest absolute Gasteiger partial charge is 0.465 e. The number of pyridine rings is 1. The summed E-state index contributed by atoms with van der Waals surface area (Å²) in [4.78, 5) is 17.3. The third-order valence-electron chi connectivity index (χ3n) is 4.30. The highest BCUT2D eigenvalue weighted by molar-refractivity contribution is 6.33. The Balaban J connectivity index is 1.98. The van der Waals surface area contributed by atoms with E-state index in [0.717, 1.165) is 25.7 Å². The molecule has 0 bridgehead atoms. The Labute approximate surface area is 147 Å². The van der Waals surface area contributed by atoms with Crippen LogP contribution in [0.4, 0.5) is 10.6 Å². The van der Waals surface area contributed by atoms with Gasteiger partial charge in [-0.25, -0.2) is 9.78 Å². The lowest BCUT2D eigenvalue weighted by Crippen LogP contribution is -2.52. The maximum atomic E-state index is 11.6. The molecule has 1 aliphatic rings. The molecular weight excluding hydrogens is 328 g/mol. The number of carboxylic acid groups (broad SMARTS) is 1. The molecule has 1 fully saturated rings. The van der Waals surface area contributed by atoms with Gasteiger partial charge < -0.3 is 15.3 Å². The first kappa shape index (κ1) is 18.3. The first-order valence-electron chi connectivity index (χ1n) is 8.07. The molecule has 0 aliphatic heterocycles. The highest BCUT2D eigenvalue weighted by Crippen LogP contribution is 2.31. The van der Waals surface area contributed by atoms with Crippen LogP contribution in [-0.4, -0.2) is 38.7 Å². The van der Waals surface area contributed by atoms with E-state index >= 15 is 0 Å². The summed E-state index contributed by atoms with van der Waals surface area (Å²) in [6.45, 7) is 5.77. The molecule has 0 aromatic carbocycles. The lowest BCUT2D eigenvalue weighted by Gasteiger charge is -2.42. The average molecular weight is 351 g/mol. The SMILES string of the molecule is CC(C)(C)N(C(=O)O)[C@H]1CC[C@H](Nc2ncc(C#N)cc2Cl)CC1. The number of nitrogens with zero attached hydrogens (tertiary/aromatic N) is 3. The number of halogens is 1. The zero-order valence-corrected chi connectivity index (χ0v) is 15.0. The third kappa shape index (κ3) is 4.30. The smallest absolute Gasteiger partial charge is 0.407 e. The van der Waals surface area contributed by atoms with Crippen LogP contribution < -0.4 is 5.32 Å². The Morgan fingerprint density at radius 2 is 2.04 bits per heavy atom. The van der Waals surface area contributed by atoms with Crippen molar-refractivity contribution in [3.8, 4) is 6.07 Å². The molecule has 24 heavy (non-hydrogen) atoms. The molecule has 1 amide bonds. The summed E-state index contributed by atoms with van der Waals surface area (Å²) in [6.07, 6.45) is 3.93. The van der Waals surface area contributed by atoms with E-state index in [1.165, 1.54) is 6.20 Å². The van der Waals surface area contributed by atoms with E-state index in [1.54, 1.807) is 11.0 Å². The van der Waals surface area contributed by atoms with Gasteiger partial charge in [-0.3, -0.25) is 0 Å². The Morgan fingerprint density at radius 1 is 1.42 bits per heavy atom. The fourth-order valence-electron chi connectivity index (χ4n) is 3.27. The number of nitrogens with one attached hydrogen (secondary N) is 1. The number of rotatable bonds is 3. The van der Waals surface area contributed by atoms with Crippen molar-refractivity contribution in [3.63, 3.8) is 0 Å². The number of nitriles is 1. The van der Waals surface area contributed by atoms with Crippen molar-refractivity contribution in [1.29, 1.82) is 5.26 Å². The van der Waals surface area contributed by atoms with Gasteiger partial charge in [-0.15, -0.1) is 0 Å². The van der Waals surface area contributed by atoms with Crippen molar-refractivity contribution in [1.82, 2.24) is 9.88 Å². The second-order valence-corrected chi connectivity index (χ2v) is 7.55. The Kier molecular flexibility index (Phi) is 5.55. The first-order valence-corrected chi connectivity index (χ1v) is 8.44. The molecule has 6 nitrogen and oxygen atoms in total. The topological polar surface area (TPSA) is 89.2 Å². The van der Waals surface area contributed by atoms with Gasteiger partial charge in [0, 0.05) is 23.8 Å². The van der Waals surface area contributed by atoms with E-state index in [2.05, 4.69) is 10.3 Å². The molecule has 0 atom stereocenters. The van der Waals surface area contributed by atoms with E-state index in [-0.39, 0.29) is 12.1 Å². The summed E-state index contributed by atoms with van der Waals surface area (Å²) in [5, 5.41) is 22.1. The van der Waals surface area contributed by atoms with Crippen molar-refractivity contribution >= 4 is 23.5 Å². The molecule has 0 saturated heterocycles. The highest BCUT2D eigenvalue weighted by atomic mass is 35.5. The van der Waals surface area contributed by atoms with Crippen LogP contribution in [0.15, 0.2) is 12.3 Å². The van der Waals surface area contributed by atoms with Crippen molar-refractivity contribution in [2.75, 3.05) is 5.32 Å². The number of carbonyl (C=O) groups is 1. The summed E-state index contributed by atoms with van der Waals surface area (Å²) in [6, 6.07) is 3.83. The summed E-state index contributed by atoms with van der Waals surface area (Å²) in [7, 11) is 0. The zero-order chi connectivity index (χ0) is 17.9. The van der Waals surface area contributed by atoms with Crippen LogP contribution in [0.1, 0.15) is 52.0 Å². The van der Waals surface area contributed by atoms with Crippen LogP contribution in [-0.2, 0) is 0 Å². The second kappa shape index (κ2) is 7.27. The summed E-state index contributed by atoms with van der Waals surface area (Å²) < 4.78 is 0. The minimum atomic E-state index is -0.865. The summed E-state index contributed by atoms with van der Waals surface area (Å²) in [5.74, 6) is 0.574. The van der Waals surface area contributed by atoms with Crippen LogP contribution in [0.3, 0.4) is 0 Å². The molecule has 0 unspecified atom stereocenters. The standard InChI is InChI=1S/C17H23ClN4O2/c1-17(2,3)22(16(23)24)13-6-4-12(5-7-13)21-15-14(18)8-11(9-19)10-20-15/h8,10,12-13H,4-7H2,1-3H3,(H,20,21)(H,23,24)/t12-,13-. The first-order chi connectivity index (χ1) is 11.2. The quantitative estimate of drug-likeness (QED) is 0.856. The molecule has 1 saturated carbocycles. The predicted octanol–water partition coefficient (Wildman–Crippen LogP) is 4.11. The van der Waals surface area contributed by atoms with E-state index in [1.807, 2.05) is 26.8 Å². The molecule has 1 heterocycles. The van der Waals surface area contributed by atoms with Gasteiger partial charge in [-0.05, 0) is 52.5 Å². The summed E-state index contributed by atoms with van der Waals surface area (Å²) in [5.41, 5.74) is 0.0194. The van der Waals surface area contributed by atoms with Crippen LogP contribution in [0, 0.1) is 11.3 Å². The molecule has 2 rings (SSSR count). The van der Waals surface area contributed by atoms with Gasteiger partial charge in [-0.1, -0.05) is 11.6 Å². The van der Waals surface area contributed by atoms with Gasteiger partial charge in [0.05, 0.1) is 10.6 Å². The van der Waals surface area contributed by atoms with Crippen molar-refractivity contribution in [3.05, 3.63) is 22.8 Å². The lowest BCUT2D eigenvalue weighted by molar-refractivity contribution is 0.0556. The molecule has 0 spiro atoms. The fraction of sp³-hybridized carbons (Fsp3) is 0.588. The van der Waals surface area contributed by atoms with E-state index in [0.29, 0.717) is 16.4 Å². The molecule has 7 heteroatoms. The molecular formula is C17H23ClN4O2. The van der Waals surface area contributed by atoms with E-state index < -0.39 is 11.6 Å². The molecule has 1 aromatic rings. The summed E-state index contributed by atoms with van der Waals surface area (Å²) >= 11 is 6.15. The van der Waals surface area contributed by atoms with Gasteiger partial charge in [0.2, 0.25) is 0 Å². The Hall–Kier alpha value is -2.00. The monoisotopic (exact) mass is 350 g/mol. The maximum absolute atomic E-state index is 11.6. The van der Waals surface area contributed by atoms with Crippen molar-refractivity contribution < 1.29 is 9.90 Å². The van der Waals surface area contributed by atoms with E-state index in [4.69, 9.17) is 16.9 Å². The minimum absolute atomic E-state index is 0.0324. The second-order valence-electron chi connectivity index (χ2n) is 7.14. The van der Waals surface area contributed by atoms with Gasteiger partial charge in [0.1, 0.15) is 11.9 Å². The van der Waals surface area contributed by atoms with Crippen LogP contribution in [0.5, 0.6) is 0 Å². The van der Waals surface area contributed by atoms with Gasteiger partial charge in [0.25, 0.3) is 0 Å². The molecule has 1 aliphatic carbocycles. The zero-order valence-electron chi connectivity index (χ0n) is 14.2. The van der Waals surface area contributed by atoms with Crippen LogP contribution in [0.2, 0.25) is 5.02 Å². The number of anilines is 1. The van der Waals surface area contributed by atoms with Gasteiger partial charge >= 0.3 is 6.09 Å². The van der Waals surface area contributed by atoms with Gasteiger partial charge in [0.15, 0.2) is 0 Å². The van der Waals surface area contributed by atoms with Crippen LogP contribution >= 0.6 is 11.6 Å². The van der Waals surface area contributed by atoms with Gasteiger partial charge in [-0.2, -0.15) is 5.26 Å².